The minimum atomic E-state index is -0.166. The highest BCUT2D eigenvalue weighted by molar-refractivity contribution is 5.95. The van der Waals surface area contributed by atoms with Gasteiger partial charge in [-0.1, -0.05) is 42.0 Å². The number of hydrogen-bond acceptors (Lipinski definition) is 2. The van der Waals surface area contributed by atoms with Gasteiger partial charge in [-0.2, -0.15) is 0 Å². The lowest BCUT2D eigenvalue weighted by Crippen LogP contribution is -2.44. The van der Waals surface area contributed by atoms with Crippen molar-refractivity contribution < 1.29 is 4.79 Å². The smallest absolute Gasteiger partial charge is 0.241 e. The van der Waals surface area contributed by atoms with Crippen molar-refractivity contribution in [2.24, 2.45) is 0 Å². The molecular formula is C18H20N2O. The van der Waals surface area contributed by atoms with Crippen LogP contribution in [0.5, 0.6) is 0 Å². The normalized spacial score (nSPS) is 17.1. The maximum atomic E-state index is 12.4. The third-order valence-electron chi connectivity index (χ3n) is 4.04. The zero-order valence-corrected chi connectivity index (χ0v) is 12.4. The number of fused-ring (bicyclic) bond motifs is 1. The lowest BCUT2D eigenvalue weighted by molar-refractivity contribution is -0.118. The maximum absolute atomic E-state index is 12.4. The molecule has 0 saturated carbocycles. The summed E-state index contributed by atoms with van der Waals surface area (Å²) < 4.78 is 0. The molecule has 0 fully saturated rings. The number of carbonyl (C=O) groups is 1. The van der Waals surface area contributed by atoms with E-state index in [0.717, 1.165) is 24.2 Å². The number of anilines is 1. The Morgan fingerprint density at radius 2 is 1.90 bits per heavy atom. The Morgan fingerprint density at radius 3 is 2.67 bits per heavy atom. The van der Waals surface area contributed by atoms with Crippen molar-refractivity contribution in [3.05, 3.63) is 64.7 Å². The van der Waals surface area contributed by atoms with Crippen LogP contribution in [0.25, 0.3) is 0 Å². The largest absolute Gasteiger partial charge is 0.324 e. The molecule has 1 atom stereocenters. The number of rotatable bonds is 2. The van der Waals surface area contributed by atoms with Crippen molar-refractivity contribution in [3.8, 4) is 0 Å². The fourth-order valence-electron chi connectivity index (χ4n) is 2.81. The summed E-state index contributed by atoms with van der Waals surface area (Å²) >= 11 is 0. The van der Waals surface area contributed by atoms with E-state index in [-0.39, 0.29) is 11.9 Å². The Bertz CT molecular complexity index is 679. The molecule has 3 heteroatoms. The van der Waals surface area contributed by atoms with Crippen molar-refractivity contribution in [2.45, 2.75) is 32.9 Å². The summed E-state index contributed by atoms with van der Waals surface area (Å²) in [5.74, 6) is 0.0384. The van der Waals surface area contributed by atoms with Crippen LogP contribution in [-0.2, 0) is 17.8 Å². The molecule has 1 aliphatic rings. The van der Waals surface area contributed by atoms with Crippen molar-refractivity contribution in [2.75, 3.05) is 5.32 Å². The third-order valence-corrected chi connectivity index (χ3v) is 4.04. The summed E-state index contributed by atoms with van der Waals surface area (Å²) in [5.41, 5.74) is 5.74. The zero-order chi connectivity index (χ0) is 14.8. The summed E-state index contributed by atoms with van der Waals surface area (Å²) in [5, 5.41) is 6.35. The Kier molecular flexibility index (Phi) is 3.76. The number of hydrogen-bond donors (Lipinski definition) is 2. The Labute approximate surface area is 125 Å². The number of benzene rings is 2. The Hall–Kier alpha value is -2.13. The van der Waals surface area contributed by atoms with Crippen LogP contribution in [-0.4, -0.2) is 11.9 Å². The van der Waals surface area contributed by atoms with Crippen LogP contribution >= 0.6 is 0 Å². The maximum Gasteiger partial charge on any atom is 0.241 e. The van der Waals surface area contributed by atoms with E-state index >= 15 is 0 Å². The molecule has 3 nitrogen and oxygen atoms in total. The lowest BCUT2D eigenvalue weighted by atomic mass is 9.95. The SMILES string of the molecule is Cc1ccc(NC(=O)C2Cc3ccccc3CN2)c(C)c1. The van der Waals surface area contributed by atoms with Crippen LogP contribution < -0.4 is 10.6 Å². The van der Waals surface area contributed by atoms with Crippen LogP contribution in [0, 0.1) is 13.8 Å². The van der Waals surface area contributed by atoms with Gasteiger partial charge >= 0.3 is 0 Å². The summed E-state index contributed by atoms with van der Waals surface area (Å²) in [7, 11) is 0. The molecule has 1 amide bonds. The third kappa shape index (κ3) is 2.98. The first-order valence-corrected chi connectivity index (χ1v) is 7.32. The quantitative estimate of drug-likeness (QED) is 0.888. The van der Waals surface area contributed by atoms with Gasteiger partial charge in [-0.15, -0.1) is 0 Å². The van der Waals surface area contributed by atoms with E-state index in [2.05, 4.69) is 35.8 Å². The van der Waals surface area contributed by atoms with Crippen LogP contribution in [0.4, 0.5) is 5.69 Å². The fourth-order valence-corrected chi connectivity index (χ4v) is 2.81. The van der Waals surface area contributed by atoms with Gasteiger partial charge in [0, 0.05) is 12.2 Å². The number of carbonyl (C=O) groups excluding carboxylic acids is 1. The molecule has 1 heterocycles. The highest BCUT2D eigenvalue weighted by Crippen LogP contribution is 2.19. The minimum absolute atomic E-state index is 0.0384. The van der Waals surface area contributed by atoms with E-state index in [1.165, 1.54) is 16.7 Å². The molecule has 3 rings (SSSR count). The van der Waals surface area contributed by atoms with Crippen LogP contribution in [0.1, 0.15) is 22.3 Å². The average molecular weight is 280 g/mol. The molecule has 108 valence electrons. The van der Waals surface area contributed by atoms with Gasteiger partial charge in [0.2, 0.25) is 5.91 Å². The van der Waals surface area contributed by atoms with E-state index in [0.29, 0.717) is 0 Å². The van der Waals surface area contributed by atoms with Crippen molar-refractivity contribution in [1.82, 2.24) is 5.32 Å². The monoisotopic (exact) mass is 280 g/mol. The molecular weight excluding hydrogens is 260 g/mol. The van der Waals surface area contributed by atoms with Gasteiger partial charge in [0.15, 0.2) is 0 Å². The van der Waals surface area contributed by atoms with Gasteiger partial charge in [-0.05, 0) is 43.0 Å². The molecule has 2 aromatic rings. The highest BCUT2D eigenvalue weighted by atomic mass is 16.2. The fraction of sp³-hybridized carbons (Fsp3) is 0.278. The molecule has 0 radical (unpaired) electrons. The average Bonchev–Trinajstić information content (AvgIpc) is 2.49. The second-order valence-electron chi connectivity index (χ2n) is 5.71. The first-order valence-electron chi connectivity index (χ1n) is 7.32. The Morgan fingerprint density at radius 1 is 1.14 bits per heavy atom. The van der Waals surface area contributed by atoms with E-state index < -0.39 is 0 Å². The van der Waals surface area contributed by atoms with Crippen molar-refractivity contribution in [1.29, 1.82) is 0 Å². The molecule has 0 aromatic heterocycles. The lowest BCUT2D eigenvalue weighted by Gasteiger charge is -2.25. The van der Waals surface area contributed by atoms with Gasteiger partial charge in [0.05, 0.1) is 6.04 Å². The van der Waals surface area contributed by atoms with Crippen molar-refractivity contribution in [3.63, 3.8) is 0 Å². The molecule has 0 saturated heterocycles. The molecule has 0 spiro atoms. The predicted octanol–water partition coefficient (Wildman–Crippen LogP) is 2.96. The van der Waals surface area contributed by atoms with Gasteiger partial charge in [0.1, 0.15) is 0 Å². The summed E-state index contributed by atoms with van der Waals surface area (Å²) in [6.45, 7) is 4.82. The number of amides is 1. The minimum Gasteiger partial charge on any atom is -0.324 e. The van der Waals surface area contributed by atoms with Crippen LogP contribution in [0.15, 0.2) is 42.5 Å². The molecule has 0 bridgehead atoms. The first kappa shape index (κ1) is 13.8. The van der Waals surface area contributed by atoms with Crippen LogP contribution in [0.3, 0.4) is 0 Å². The van der Waals surface area contributed by atoms with Gasteiger partial charge in [-0.25, -0.2) is 0 Å². The van der Waals surface area contributed by atoms with E-state index in [1.54, 1.807) is 0 Å². The number of nitrogens with one attached hydrogen (secondary N) is 2. The molecule has 0 aliphatic carbocycles. The standard InChI is InChI=1S/C18H20N2O/c1-12-7-8-16(13(2)9-12)20-18(21)17-10-14-5-3-4-6-15(14)11-19-17/h3-9,17,19H,10-11H2,1-2H3,(H,20,21). The molecule has 2 aromatic carbocycles. The summed E-state index contributed by atoms with van der Waals surface area (Å²) in [6.07, 6.45) is 0.743. The molecule has 1 aliphatic heterocycles. The number of aryl methyl sites for hydroxylation is 2. The predicted molar refractivity (Wildman–Crippen MR) is 85.3 cm³/mol. The van der Waals surface area contributed by atoms with E-state index in [9.17, 15) is 4.79 Å². The van der Waals surface area contributed by atoms with E-state index in [4.69, 9.17) is 0 Å². The van der Waals surface area contributed by atoms with Gasteiger partial charge in [0.25, 0.3) is 0 Å². The zero-order valence-electron chi connectivity index (χ0n) is 12.4. The second-order valence-corrected chi connectivity index (χ2v) is 5.71. The summed E-state index contributed by atoms with van der Waals surface area (Å²) in [4.78, 5) is 12.4. The molecule has 21 heavy (non-hydrogen) atoms. The van der Waals surface area contributed by atoms with Gasteiger partial charge < -0.3 is 10.6 Å². The molecule has 1 unspecified atom stereocenters. The summed E-state index contributed by atoms with van der Waals surface area (Å²) in [6, 6.07) is 14.2. The van der Waals surface area contributed by atoms with Gasteiger partial charge in [-0.3, -0.25) is 4.79 Å². The second kappa shape index (κ2) is 5.70. The topological polar surface area (TPSA) is 41.1 Å². The van der Waals surface area contributed by atoms with Crippen molar-refractivity contribution >= 4 is 11.6 Å². The Balaban J connectivity index is 1.72. The molecule has 2 N–H and O–H groups in total. The van der Waals surface area contributed by atoms with Crippen LogP contribution in [0.2, 0.25) is 0 Å². The first-order chi connectivity index (χ1) is 10.1. The highest BCUT2D eigenvalue weighted by Gasteiger charge is 2.24. The van der Waals surface area contributed by atoms with E-state index in [1.807, 2.05) is 31.2 Å².